The lowest BCUT2D eigenvalue weighted by molar-refractivity contribution is 0.261. The second-order valence-corrected chi connectivity index (χ2v) is 5.67. The van der Waals surface area contributed by atoms with Gasteiger partial charge in [-0.1, -0.05) is 6.92 Å². The number of hydrogen-bond acceptors (Lipinski definition) is 6. The molecule has 0 amide bonds. The van der Waals surface area contributed by atoms with E-state index in [9.17, 15) is 0 Å². The first-order valence-electron chi connectivity index (χ1n) is 7.66. The van der Waals surface area contributed by atoms with Crippen LogP contribution in [0.1, 0.15) is 26.2 Å². The van der Waals surface area contributed by atoms with Crippen molar-refractivity contribution < 1.29 is 0 Å². The molecule has 1 aliphatic heterocycles. The average molecular weight is 289 g/mol. The lowest BCUT2D eigenvalue weighted by Gasteiger charge is -2.30. The van der Waals surface area contributed by atoms with E-state index in [1.54, 1.807) is 6.33 Å². The van der Waals surface area contributed by atoms with Crippen molar-refractivity contribution in [1.29, 1.82) is 0 Å². The van der Waals surface area contributed by atoms with Gasteiger partial charge in [-0.05, 0) is 32.9 Å². The maximum absolute atomic E-state index is 4.61. The van der Waals surface area contributed by atoms with E-state index in [2.05, 4.69) is 49.4 Å². The minimum absolute atomic E-state index is 0.421. The summed E-state index contributed by atoms with van der Waals surface area (Å²) in [7, 11) is 2.16. The number of aromatic amines is 1. The lowest BCUT2D eigenvalue weighted by atomic mass is 10.1. The molecule has 21 heavy (non-hydrogen) atoms. The molecule has 2 aromatic heterocycles. The molecule has 114 valence electrons. The summed E-state index contributed by atoms with van der Waals surface area (Å²) < 4.78 is 0. The second kappa shape index (κ2) is 6.26. The summed E-state index contributed by atoms with van der Waals surface area (Å²) in [5, 5.41) is 6.79. The molecule has 0 saturated carbocycles. The Morgan fingerprint density at radius 3 is 3.14 bits per heavy atom. The Hall–Kier alpha value is -1.89. The number of rotatable bonds is 5. The number of aromatic nitrogens is 4. The number of likely N-dealkylation sites (tertiary alicyclic amines) is 1. The Bertz CT molecular complexity index is 594. The molecule has 1 fully saturated rings. The molecule has 3 rings (SSSR count). The molecule has 0 aromatic carbocycles. The van der Waals surface area contributed by atoms with Crippen molar-refractivity contribution in [3.05, 3.63) is 6.33 Å². The van der Waals surface area contributed by atoms with Crippen molar-refractivity contribution in [2.24, 2.45) is 0 Å². The van der Waals surface area contributed by atoms with Crippen molar-refractivity contribution in [2.45, 2.75) is 32.2 Å². The van der Waals surface area contributed by atoms with Crippen LogP contribution in [-0.4, -0.2) is 57.6 Å². The average Bonchev–Trinajstić information content (AvgIpc) is 2.94. The number of fused-ring (bicyclic) bond motifs is 1. The maximum Gasteiger partial charge on any atom is 0.226 e. The van der Waals surface area contributed by atoms with Crippen LogP contribution in [-0.2, 0) is 0 Å². The predicted molar refractivity (Wildman–Crippen MR) is 84.6 cm³/mol. The summed E-state index contributed by atoms with van der Waals surface area (Å²) >= 11 is 0. The second-order valence-electron chi connectivity index (χ2n) is 5.67. The highest BCUT2D eigenvalue weighted by Crippen LogP contribution is 2.21. The van der Waals surface area contributed by atoms with Crippen LogP contribution < -0.4 is 10.6 Å². The molecule has 2 aromatic rings. The Morgan fingerprint density at radius 1 is 1.43 bits per heavy atom. The van der Waals surface area contributed by atoms with Crippen LogP contribution in [0.3, 0.4) is 0 Å². The van der Waals surface area contributed by atoms with Gasteiger partial charge in [0.25, 0.3) is 0 Å². The summed E-state index contributed by atoms with van der Waals surface area (Å²) in [6.07, 6.45) is 5.09. The molecule has 3 N–H and O–H groups in total. The first kappa shape index (κ1) is 14.1. The van der Waals surface area contributed by atoms with Crippen LogP contribution in [0.25, 0.3) is 11.2 Å². The minimum atomic E-state index is 0.421. The first-order chi connectivity index (χ1) is 10.3. The van der Waals surface area contributed by atoms with Gasteiger partial charge in [0, 0.05) is 19.1 Å². The van der Waals surface area contributed by atoms with Gasteiger partial charge < -0.3 is 20.5 Å². The molecule has 1 unspecified atom stereocenters. The van der Waals surface area contributed by atoms with E-state index < -0.39 is 0 Å². The van der Waals surface area contributed by atoms with Gasteiger partial charge in [0.15, 0.2) is 11.5 Å². The molecule has 1 atom stereocenters. The third-order valence-corrected chi connectivity index (χ3v) is 3.78. The summed E-state index contributed by atoms with van der Waals surface area (Å²) in [6.45, 7) is 5.20. The SMILES string of the molecule is CCCNc1nc(NC2CCCN(C)C2)c2[nH]cnc2n1. The first-order valence-corrected chi connectivity index (χ1v) is 7.66. The van der Waals surface area contributed by atoms with Crippen molar-refractivity contribution in [1.82, 2.24) is 24.8 Å². The van der Waals surface area contributed by atoms with Crippen molar-refractivity contribution >= 4 is 22.9 Å². The fraction of sp³-hybridized carbons (Fsp3) is 0.643. The monoisotopic (exact) mass is 289 g/mol. The summed E-state index contributed by atoms with van der Waals surface area (Å²) in [5.41, 5.74) is 1.58. The predicted octanol–water partition coefficient (Wildman–Crippen LogP) is 1.68. The van der Waals surface area contributed by atoms with Gasteiger partial charge in [0.2, 0.25) is 5.95 Å². The zero-order valence-electron chi connectivity index (χ0n) is 12.7. The highest BCUT2D eigenvalue weighted by Gasteiger charge is 2.19. The number of likely N-dealkylation sites (N-methyl/N-ethyl adjacent to an activating group) is 1. The quantitative estimate of drug-likeness (QED) is 0.777. The van der Waals surface area contributed by atoms with Gasteiger partial charge in [-0.2, -0.15) is 9.97 Å². The number of hydrogen-bond donors (Lipinski definition) is 3. The maximum atomic E-state index is 4.61. The van der Waals surface area contributed by atoms with Crippen molar-refractivity contribution in [3.63, 3.8) is 0 Å². The number of nitrogens with zero attached hydrogens (tertiary/aromatic N) is 4. The Labute approximate surface area is 124 Å². The molecule has 0 bridgehead atoms. The number of imidazole rings is 1. The van der Waals surface area contributed by atoms with Gasteiger partial charge in [-0.3, -0.25) is 0 Å². The Kier molecular flexibility index (Phi) is 4.19. The van der Waals surface area contributed by atoms with Gasteiger partial charge in [-0.15, -0.1) is 0 Å². The number of H-pyrrole nitrogens is 1. The zero-order chi connectivity index (χ0) is 14.7. The normalized spacial score (nSPS) is 19.8. The third-order valence-electron chi connectivity index (χ3n) is 3.78. The van der Waals surface area contributed by atoms with Crippen molar-refractivity contribution in [3.8, 4) is 0 Å². The third kappa shape index (κ3) is 3.24. The largest absolute Gasteiger partial charge is 0.364 e. The molecular weight excluding hydrogens is 266 g/mol. The Balaban J connectivity index is 1.83. The highest BCUT2D eigenvalue weighted by molar-refractivity contribution is 5.83. The van der Waals surface area contributed by atoms with Crippen molar-refractivity contribution in [2.75, 3.05) is 37.3 Å². The summed E-state index contributed by atoms with van der Waals surface area (Å²) in [5.74, 6) is 1.49. The standard InChI is InChI=1S/C14H23N7/c1-3-6-15-14-19-12-11(16-9-17-12)13(20-14)18-10-5-4-7-21(2)8-10/h9-10H,3-8H2,1-2H3,(H3,15,16,17,18,19,20). The van der Waals surface area contributed by atoms with Crippen LogP contribution in [0.5, 0.6) is 0 Å². The summed E-state index contributed by atoms with van der Waals surface area (Å²) in [6, 6.07) is 0.421. The number of anilines is 2. The van der Waals surface area contributed by atoms with Gasteiger partial charge in [-0.25, -0.2) is 4.98 Å². The van der Waals surface area contributed by atoms with E-state index in [1.807, 2.05) is 0 Å². The number of piperidine rings is 1. The van der Waals surface area contributed by atoms with E-state index >= 15 is 0 Å². The molecule has 0 aliphatic carbocycles. The van der Waals surface area contributed by atoms with E-state index in [1.165, 1.54) is 19.4 Å². The highest BCUT2D eigenvalue weighted by atomic mass is 15.2. The molecule has 7 nitrogen and oxygen atoms in total. The van der Waals surface area contributed by atoms with Crippen LogP contribution in [0.4, 0.5) is 11.8 Å². The van der Waals surface area contributed by atoms with E-state index in [-0.39, 0.29) is 0 Å². The minimum Gasteiger partial charge on any atom is -0.364 e. The van der Waals surface area contributed by atoms with Crippen LogP contribution in [0, 0.1) is 0 Å². The molecule has 0 radical (unpaired) electrons. The van der Waals surface area contributed by atoms with Crippen LogP contribution in [0.15, 0.2) is 6.33 Å². The van der Waals surface area contributed by atoms with Crippen LogP contribution in [0.2, 0.25) is 0 Å². The molecular formula is C14H23N7. The fourth-order valence-electron chi connectivity index (χ4n) is 2.73. The van der Waals surface area contributed by atoms with E-state index in [4.69, 9.17) is 0 Å². The Morgan fingerprint density at radius 2 is 2.33 bits per heavy atom. The van der Waals surface area contributed by atoms with Gasteiger partial charge >= 0.3 is 0 Å². The molecule has 0 spiro atoms. The van der Waals surface area contributed by atoms with E-state index in [0.717, 1.165) is 30.8 Å². The van der Waals surface area contributed by atoms with Crippen LogP contribution >= 0.6 is 0 Å². The molecule has 3 heterocycles. The zero-order valence-corrected chi connectivity index (χ0v) is 12.7. The molecule has 1 saturated heterocycles. The topological polar surface area (TPSA) is 81.8 Å². The lowest BCUT2D eigenvalue weighted by Crippen LogP contribution is -2.40. The molecule has 1 aliphatic rings. The van der Waals surface area contributed by atoms with Gasteiger partial charge in [0.1, 0.15) is 5.52 Å². The number of nitrogens with one attached hydrogen (secondary N) is 3. The molecule has 7 heteroatoms. The van der Waals surface area contributed by atoms with E-state index in [0.29, 0.717) is 17.6 Å². The van der Waals surface area contributed by atoms with Gasteiger partial charge in [0.05, 0.1) is 6.33 Å². The fourth-order valence-corrected chi connectivity index (χ4v) is 2.73. The smallest absolute Gasteiger partial charge is 0.226 e. The summed E-state index contributed by atoms with van der Waals surface area (Å²) in [4.78, 5) is 18.8.